The molecule has 0 fully saturated rings. The number of fused-ring (bicyclic) bond motifs is 1. The summed E-state index contributed by atoms with van der Waals surface area (Å²) in [4.78, 5) is 13.5. The van der Waals surface area contributed by atoms with Crippen LogP contribution in [0.25, 0.3) is 0 Å². The number of nitrogens with zero attached hydrogens (tertiary/aromatic N) is 1. The summed E-state index contributed by atoms with van der Waals surface area (Å²) in [5, 5.41) is 0. The Balaban J connectivity index is 1.98. The standard InChI is InChI=1S/C17H17NO5S2/c1-3-23-14-9-12(22-2)10-15-16(14)17(19)18(25(15,20)21)11-24-13-7-5-4-6-8-13/h4-10H,3,11H2,1-2H3. The maximum absolute atomic E-state index is 12.8. The number of methoxy groups -OCH3 is 1. The molecule has 0 spiro atoms. The molecule has 1 heterocycles. The Morgan fingerprint density at radius 3 is 2.52 bits per heavy atom. The fourth-order valence-corrected chi connectivity index (χ4v) is 5.20. The molecule has 0 atom stereocenters. The first-order chi connectivity index (χ1) is 12.0. The minimum absolute atomic E-state index is 0.00621. The summed E-state index contributed by atoms with van der Waals surface area (Å²) in [6, 6.07) is 12.2. The summed E-state index contributed by atoms with van der Waals surface area (Å²) >= 11 is 1.28. The topological polar surface area (TPSA) is 72.9 Å². The second-order valence-corrected chi connectivity index (χ2v) is 8.03. The van der Waals surface area contributed by atoms with E-state index in [1.54, 1.807) is 6.92 Å². The average molecular weight is 379 g/mol. The molecule has 0 aromatic heterocycles. The van der Waals surface area contributed by atoms with Crippen LogP contribution in [0, 0.1) is 0 Å². The highest BCUT2D eigenvalue weighted by molar-refractivity contribution is 8.00. The Kier molecular flexibility index (Phi) is 4.91. The molecular weight excluding hydrogens is 362 g/mol. The lowest BCUT2D eigenvalue weighted by Gasteiger charge is -2.14. The highest BCUT2D eigenvalue weighted by atomic mass is 32.2. The molecule has 0 bridgehead atoms. The molecule has 6 nitrogen and oxygen atoms in total. The summed E-state index contributed by atoms with van der Waals surface area (Å²) in [6.07, 6.45) is 0. The van der Waals surface area contributed by atoms with Crippen molar-refractivity contribution in [1.29, 1.82) is 0 Å². The van der Waals surface area contributed by atoms with Crippen LogP contribution in [0.5, 0.6) is 11.5 Å². The summed E-state index contributed by atoms with van der Waals surface area (Å²) in [6.45, 7) is 2.08. The first kappa shape index (κ1) is 17.6. The van der Waals surface area contributed by atoms with E-state index in [1.165, 1.54) is 31.0 Å². The molecular formula is C17H17NO5S2. The van der Waals surface area contributed by atoms with Crippen molar-refractivity contribution in [3.05, 3.63) is 48.0 Å². The van der Waals surface area contributed by atoms with Crippen LogP contribution >= 0.6 is 11.8 Å². The summed E-state index contributed by atoms with van der Waals surface area (Å²) in [5.41, 5.74) is 0.0660. The van der Waals surface area contributed by atoms with E-state index >= 15 is 0 Å². The van der Waals surface area contributed by atoms with Crippen molar-refractivity contribution in [3.8, 4) is 11.5 Å². The molecule has 8 heteroatoms. The number of benzene rings is 2. The maximum Gasteiger partial charge on any atom is 0.273 e. The number of hydrogen-bond donors (Lipinski definition) is 0. The minimum atomic E-state index is -3.94. The van der Waals surface area contributed by atoms with E-state index in [2.05, 4.69) is 0 Å². The second kappa shape index (κ2) is 6.97. The predicted molar refractivity (Wildman–Crippen MR) is 94.7 cm³/mol. The lowest BCUT2D eigenvalue weighted by atomic mass is 10.1. The molecule has 25 heavy (non-hydrogen) atoms. The van der Waals surface area contributed by atoms with Gasteiger partial charge >= 0.3 is 0 Å². The smallest absolute Gasteiger partial charge is 0.273 e. The van der Waals surface area contributed by atoms with Gasteiger partial charge in [0.15, 0.2) is 0 Å². The summed E-state index contributed by atoms with van der Waals surface area (Å²) in [5.74, 6) is -0.0356. The first-order valence-electron chi connectivity index (χ1n) is 7.58. The Hall–Kier alpha value is -2.19. The molecule has 3 rings (SSSR count). The van der Waals surface area contributed by atoms with E-state index in [0.29, 0.717) is 12.4 Å². The van der Waals surface area contributed by atoms with Gasteiger partial charge in [-0.25, -0.2) is 12.7 Å². The van der Waals surface area contributed by atoms with E-state index in [1.807, 2.05) is 30.3 Å². The van der Waals surface area contributed by atoms with Gasteiger partial charge < -0.3 is 9.47 Å². The van der Waals surface area contributed by atoms with E-state index in [4.69, 9.17) is 9.47 Å². The van der Waals surface area contributed by atoms with E-state index in [0.717, 1.165) is 9.20 Å². The molecule has 2 aromatic rings. The van der Waals surface area contributed by atoms with Crippen LogP contribution in [0.4, 0.5) is 0 Å². The van der Waals surface area contributed by atoms with Crippen LogP contribution in [0.2, 0.25) is 0 Å². The molecule has 0 aliphatic carbocycles. The number of carbonyl (C=O) groups is 1. The van der Waals surface area contributed by atoms with Gasteiger partial charge in [-0.1, -0.05) is 18.2 Å². The van der Waals surface area contributed by atoms with Gasteiger partial charge in [0.1, 0.15) is 22.0 Å². The molecule has 2 aromatic carbocycles. The van der Waals surface area contributed by atoms with E-state index in [-0.39, 0.29) is 22.1 Å². The minimum Gasteiger partial charge on any atom is -0.497 e. The Morgan fingerprint density at radius 2 is 1.88 bits per heavy atom. The van der Waals surface area contributed by atoms with Gasteiger partial charge in [-0.05, 0) is 19.1 Å². The van der Waals surface area contributed by atoms with Gasteiger partial charge in [-0.3, -0.25) is 4.79 Å². The second-order valence-electron chi connectivity index (χ2n) is 5.18. The number of amides is 1. The van der Waals surface area contributed by atoms with E-state index < -0.39 is 15.9 Å². The monoisotopic (exact) mass is 379 g/mol. The van der Waals surface area contributed by atoms with Crippen molar-refractivity contribution in [2.45, 2.75) is 16.7 Å². The van der Waals surface area contributed by atoms with Crippen molar-refractivity contribution in [2.24, 2.45) is 0 Å². The quantitative estimate of drug-likeness (QED) is 0.719. The van der Waals surface area contributed by atoms with Crippen LogP contribution < -0.4 is 9.47 Å². The van der Waals surface area contributed by atoms with Crippen molar-refractivity contribution >= 4 is 27.7 Å². The third-order valence-electron chi connectivity index (χ3n) is 3.68. The van der Waals surface area contributed by atoms with Crippen LogP contribution in [0.3, 0.4) is 0 Å². The number of hydrogen-bond acceptors (Lipinski definition) is 6. The van der Waals surface area contributed by atoms with Crippen LogP contribution in [0.15, 0.2) is 52.3 Å². The number of sulfonamides is 1. The number of carbonyl (C=O) groups excluding carboxylic acids is 1. The largest absolute Gasteiger partial charge is 0.497 e. The summed E-state index contributed by atoms with van der Waals surface area (Å²) in [7, 11) is -2.50. The SMILES string of the molecule is CCOc1cc(OC)cc2c1C(=O)N(CSc1ccccc1)S2(=O)=O. The Bertz CT molecular complexity index is 897. The van der Waals surface area contributed by atoms with Crippen molar-refractivity contribution < 1.29 is 22.7 Å². The zero-order chi connectivity index (χ0) is 18.0. The third-order valence-corrected chi connectivity index (χ3v) is 6.58. The molecule has 0 N–H and O–H groups in total. The van der Waals surface area contributed by atoms with Crippen molar-refractivity contribution in [3.63, 3.8) is 0 Å². The van der Waals surface area contributed by atoms with E-state index in [9.17, 15) is 13.2 Å². The van der Waals surface area contributed by atoms with Crippen LogP contribution in [-0.4, -0.2) is 38.2 Å². The van der Waals surface area contributed by atoms with Gasteiger partial charge in [0.25, 0.3) is 15.9 Å². The molecule has 132 valence electrons. The van der Waals surface area contributed by atoms with Crippen molar-refractivity contribution in [2.75, 3.05) is 19.6 Å². The third kappa shape index (κ3) is 3.19. The molecule has 0 saturated carbocycles. The average Bonchev–Trinajstić information content (AvgIpc) is 2.80. The predicted octanol–water partition coefficient (Wildman–Crippen LogP) is 2.99. The first-order valence-corrected chi connectivity index (χ1v) is 10.0. The van der Waals surface area contributed by atoms with Gasteiger partial charge in [0.2, 0.25) is 0 Å². The van der Waals surface area contributed by atoms with Crippen molar-refractivity contribution in [1.82, 2.24) is 4.31 Å². The number of rotatable bonds is 6. The fraction of sp³-hybridized carbons (Fsp3) is 0.235. The number of ether oxygens (including phenoxy) is 2. The lowest BCUT2D eigenvalue weighted by Crippen LogP contribution is -2.29. The maximum atomic E-state index is 12.8. The Labute approximate surface area is 150 Å². The molecule has 1 amide bonds. The zero-order valence-corrected chi connectivity index (χ0v) is 15.4. The van der Waals surface area contributed by atoms with Gasteiger partial charge in [0.05, 0.1) is 19.6 Å². The normalized spacial score (nSPS) is 15.1. The Morgan fingerprint density at radius 1 is 1.16 bits per heavy atom. The molecule has 0 unspecified atom stereocenters. The molecule has 1 aliphatic rings. The van der Waals surface area contributed by atoms with Gasteiger partial charge in [-0.15, -0.1) is 11.8 Å². The van der Waals surface area contributed by atoms with Gasteiger partial charge in [0, 0.05) is 17.0 Å². The molecule has 1 aliphatic heterocycles. The van der Waals surface area contributed by atoms with Crippen LogP contribution in [-0.2, 0) is 10.0 Å². The number of thioether (sulfide) groups is 1. The molecule has 0 radical (unpaired) electrons. The fourth-order valence-electron chi connectivity index (χ4n) is 2.50. The lowest BCUT2D eigenvalue weighted by molar-refractivity contribution is 0.0883. The van der Waals surface area contributed by atoms with Crippen LogP contribution in [0.1, 0.15) is 17.3 Å². The van der Waals surface area contributed by atoms with Gasteiger partial charge in [-0.2, -0.15) is 0 Å². The summed E-state index contributed by atoms with van der Waals surface area (Å²) < 4.78 is 37.1. The zero-order valence-electron chi connectivity index (χ0n) is 13.8. The highest BCUT2D eigenvalue weighted by Crippen LogP contribution is 2.40. The molecule has 0 saturated heterocycles. The highest BCUT2D eigenvalue weighted by Gasteiger charge is 2.44.